The van der Waals surface area contributed by atoms with E-state index in [0.717, 1.165) is 0 Å². The summed E-state index contributed by atoms with van der Waals surface area (Å²) in [6.45, 7) is 1.87. The minimum atomic E-state index is -3.48. The second kappa shape index (κ2) is 6.46. The van der Waals surface area contributed by atoms with Crippen LogP contribution < -0.4 is 0 Å². The topological polar surface area (TPSA) is 104 Å². The molecular weight excluding hydrogens is 262 g/mol. The van der Waals surface area contributed by atoms with Crippen molar-refractivity contribution in [2.24, 2.45) is 0 Å². The normalized spacial score (nSPS) is 26.1. The number of aliphatic carboxylic acids is 1. The Morgan fingerprint density at radius 2 is 2.11 bits per heavy atom. The molecule has 8 heteroatoms. The highest BCUT2D eigenvalue weighted by molar-refractivity contribution is 7.89. The number of rotatable bonds is 6. The Morgan fingerprint density at radius 3 is 2.67 bits per heavy atom. The molecule has 1 fully saturated rings. The Bertz CT molecular complexity index is 382. The van der Waals surface area contributed by atoms with Crippen molar-refractivity contribution >= 4 is 16.0 Å². The van der Waals surface area contributed by atoms with Gasteiger partial charge in [0.2, 0.25) is 10.0 Å². The van der Waals surface area contributed by atoms with Gasteiger partial charge < -0.3 is 14.9 Å². The highest BCUT2D eigenvalue weighted by atomic mass is 32.2. The number of aliphatic hydroxyl groups excluding tert-OH is 1. The molecule has 2 atom stereocenters. The maximum Gasteiger partial charge on any atom is 0.303 e. The first-order valence-electron chi connectivity index (χ1n) is 5.81. The van der Waals surface area contributed by atoms with Gasteiger partial charge in [0.15, 0.2) is 0 Å². The second-order valence-corrected chi connectivity index (χ2v) is 6.47. The monoisotopic (exact) mass is 281 g/mol. The SMILES string of the molecule is CC1CN(S(=O)(=O)CCCC(=O)O)CC(CO)O1. The fraction of sp³-hybridized carbons (Fsp3) is 0.900. The highest BCUT2D eigenvalue weighted by Gasteiger charge is 2.32. The Labute approximate surface area is 106 Å². The smallest absolute Gasteiger partial charge is 0.303 e. The number of carboxylic acids is 1. The Kier molecular flexibility index (Phi) is 5.51. The summed E-state index contributed by atoms with van der Waals surface area (Å²) < 4.78 is 30.6. The van der Waals surface area contributed by atoms with Crippen molar-refractivity contribution in [2.75, 3.05) is 25.4 Å². The van der Waals surface area contributed by atoms with Crippen LogP contribution in [0.1, 0.15) is 19.8 Å². The van der Waals surface area contributed by atoms with Gasteiger partial charge >= 0.3 is 5.97 Å². The van der Waals surface area contributed by atoms with Gasteiger partial charge in [-0.15, -0.1) is 0 Å². The van der Waals surface area contributed by atoms with E-state index in [1.807, 2.05) is 0 Å². The quantitative estimate of drug-likeness (QED) is 0.664. The zero-order valence-electron chi connectivity index (χ0n) is 10.3. The summed E-state index contributed by atoms with van der Waals surface area (Å²) >= 11 is 0. The summed E-state index contributed by atoms with van der Waals surface area (Å²) in [4.78, 5) is 10.4. The van der Waals surface area contributed by atoms with Gasteiger partial charge in [0.25, 0.3) is 0 Å². The highest BCUT2D eigenvalue weighted by Crippen LogP contribution is 2.15. The molecule has 106 valence electrons. The summed E-state index contributed by atoms with van der Waals surface area (Å²) in [6.07, 6.45) is -0.858. The molecule has 0 radical (unpaired) electrons. The fourth-order valence-electron chi connectivity index (χ4n) is 1.87. The van der Waals surface area contributed by atoms with Crippen molar-refractivity contribution in [3.63, 3.8) is 0 Å². The molecule has 0 amide bonds. The summed E-state index contributed by atoms with van der Waals surface area (Å²) in [6, 6.07) is 0. The van der Waals surface area contributed by atoms with E-state index < -0.39 is 22.1 Å². The minimum absolute atomic E-state index is 0.0905. The third-order valence-electron chi connectivity index (χ3n) is 2.68. The Balaban J connectivity index is 2.57. The molecule has 0 aromatic carbocycles. The largest absolute Gasteiger partial charge is 0.481 e. The molecule has 1 heterocycles. The number of hydrogen-bond donors (Lipinski definition) is 2. The van der Waals surface area contributed by atoms with E-state index in [9.17, 15) is 13.2 Å². The van der Waals surface area contributed by atoms with E-state index in [-0.39, 0.29) is 44.4 Å². The maximum atomic E-state index is 12.0. The predicted octanol–water partition coefficient (Wildman–Crippen LogP) is -0.737. The molecule has 18 heavy (non-hydrogen) atoms. The van der Waals surface area contributed by atoms with E-state index in [2.05, 4.69) is 0 Å². The number of carbonyl (C=O) groups is 1. The van der Waals surface area contributed by atoms with Crippen LogP contribution in [-0.4, -0.2) is 66.6 Å². The Hall–Kier alpha value is -0.700. The number of sulfonamides is 1. The van der Waals surface area contributed by atoms with Gasteiger partial charge in [0.05, 0.1) is 24.6 Å². The number of morpholine rings is 1. The van der Waals surface area contributed by atoms with Gasteiger partial charge in [0, 0.05) is 19.5 Å². The first-order valence-corrected chi connectivity index (χ1v) is 7.42. The first-order chi connectivity index (χ1) is 8.35. The van der Waals surface area contributed by atoms with Crippen molar-refractivity contribution in [2.45, 2.75) is 32.0 Å². The zero-order chi connectivity index (χ0) is 13.8. The molecule has 1 aliphatic rings. The van der Waals surface area contributed by atoms with Crippen LogP contribution in [0.3, 0.4) is 0 Å². The van der Waals surface area contributed by atoms with Gasteiger partial charge in [-0.05, 0) is 13.3 Å². The van der Waals surface area contributed by atoms with Crippen molar-refractivity contribution in [3.8, 4) is 0 Å². The van der Waals surface area contributed by atoms with Gasteiger partial charge in [-0.3, -0.25) is 4.79 Å². The predicted molar refractivity (Wildman–Crippen MR) is 63.7 cm³/mol. The lowest BCUT2D eigenvalue weighted by Gasteiger charge is -2.35. The third kappa shape index (κ3) is 4.52. The molecule has 1 saturated heterocycles. The summed E-state index contributed by atoms with van der Waals surface area (Å²) in [5.74, 6) is -1.20. The van der Waals surface area contributed by atoms with E-state index in [1.165, 1.54) is 4.31 Å². The average molecular weight is 281 g/mol. The molecule has 0 aromatic heterocycles. The molecule has 7 nitrogen and oxygen atoms in total. The van der Waals surface area contributed by atoms with Gasteiger partial charge in [-0.1, -0.05) is 0 Å². The second-order valence-electron chi connectivity index (χ2n) is 4.38. The molecule has 1 aliphatic heterocycles. The van der Waals surface area contributed by atoms with Crippen molar-refractivity contribution in [1.82, 2.24) is 4.31 Å². The van der Waals surface area contributed by atoms with Crippen LogP contribution in [-0.2, 0) is 19.6 Å². The molecule has 0 aromatic rings. The van der Waals surface area contributed by atoms with Gasteiger partial charge in [-0.2, -0.15) is 4.31 Å². The zero-order valence-corrected chi connectivity index (χ0v) is 11.1. The molecular formula is C10H19NO6S. The van der Waals surface area contributed by atoms with Gasteiger partial charge in [0.1, 0.15) is 0 Å². The molecule has 0 bridgehead atoms. The number of nitrogens with zero attached hydrogens (tertiary/aromatic N) is 1. The number of carboxylic acid groups (broad SMARTS) is 1. The average Bonchev–Trinajstić information content (AvgIpc) is 2.27. The van der Waals surface area contributed by atoms with Crippen LogP contribution in [0.15, 0.2) is 0 Å². The number of ether oxygens (including phenoxy) is 1. The lowest BCUT2D eigenvalue weighted by Crippen LogP contribution is -2.50. The van der Waals surface area contributed by atoms with E-state index in [4.69, 9.17) is 14.9 Å². The van der Waals surface area contributed by atoms with Crippen LogP contribution in [0, 0.1) is 0 Å². The van der Waals surface area contributed by atoms with Crippen molar-refractivity contribution in [3.05, 3.63) is 0 Å². The molecule has 1 rings (SSSR count). The number of hydrogen-bond acceptors (Lipinski definition) is 5. The molecule has 0 spiro atoms. The van der Waals surface area contributed by atoms with Crippen molar-refractivity contribution < 1.29 is 28.2 Å². The van der Waals surface area contributed by atoms with E-state index in [1.54, 1.807) is 6.92 Å². The lowest BCUT2D eigenvalue weighted by atomic mass is 10.2. The van der Waals surface area contributed by atoms with E-state index >= 15 is 0 Å². The lowest BCUT2D eigenvalue weighted by molar-refractivity contribution is -0.137. The van der Waals surface area contributed by atoms with Gasteiger partial charge in [-0.25, -0.2) is 8.42 Å². The van der Waals surface area contributed by atoms with Crippen LogP contribution >= 0.6 is 0 Å². The Morgan fingerprint density at radius 1 is 1.44 bits per heavy atom. The fourth-order valence-corrected chi connectivity index (χ4v) is 3.46. The van der Waals surface area contributed by atoms with Crippen LogP contribution in [0.25, 0.3) is 0 Å². The minimum Gasteiger partial charge on any atom is -0.481 e. The molecule has 2 N–H and O–H groups in total. The van der Waals surface area contributed by atoms with Crippen molar-refractivity contribution in [1.29, 1.82) is 0 Å². The number of aliphatic hydroxyl groups is 1. The maximum absolute atomic E-state index is 12.0. The third-order valence-corrected chi connectivity index (χ3v) is 4.57. The van der Waals surface area contributed by atoms with Crippen LogP contribution in [0.4, 0.5) is 0 Å². The molecule has 0 aliphatic carbocycles. The summed E-state index contributed by atoms with van der Waals surface area (Å²) in [7, 11) is -3.48. The first kappa shape index (κ1) is 15.4. The molecule has 2 unspecified atom stereocenters. The summed E-state index contributed by atoms with van der Waals surface area (Å²) in [5.41, 5.74) is 0. The van der Waals surface area contributed by atoms with Crippen LogP contribution in [0.2, 0.25) is 0 Å². The van der Waals surface area contributed by atoms with Crippen LogP contribution in [0.5, 0.6) is 0 Å². The molecule has 0 saturated carbocycles. The standard InChI is InChI=1S/C10H19NO6S/c1-8-5-11(6-9(7-12)17-8)18(15,16)4-2-3-10(13)14/h8-9,12H,2-7H2,1H3,(H,13,14). The summed E-state index contributed by atoms with van der Waals surface area (Å²) in [5, 5.41) is 17.5. The van der Waals surface area contributed by atoms with E-state index in [0.29, 0.717) is 0 Å².